The van der Waals surface area contributed by atoms with Crippen molar-refractivity contribution < 1.29 is 27.5 Å². The number of rotatable bonds is 11. The molecule has 0 spiro atoms. The average Bonchev–Trinajstić information content (AvgIpc) is 3.37. The fraction of sp³-hybridized carbons (Fsp3) is 0.179. The molecule has 0 saturated carbocycles. The summed E-state index contributed by atoms with van der Waals surface area (Å²) in [6, 6.07) is 22.2. The fourth-order valence-electron chi connectivity index (χ4n) is 3.90. The van der Waals surface area contributed by atoms with Crippen molar-refractivity contribution in [1.82, 2.24) is 14.3 Å². The first-order valence-corrected chi connectivity index (χ1v) is 13.6. The molecule has 1 heterocycles. The SMILES string of the molecule is CCOc1cccc(C(=O)OC(=O)CC(N)NS(=O)(=O)c2ccccc2)c1-c1cn(Cc2ccccc2)cn1. The van der Waals surface area contributed by atoms with Gasteiger partial charge in [0, 0.05) is 12.7 Å². The molecule has 0 aliphatic heterocycles. The minimum absolute atomic E-state index is 0.00558. The average molecular weight is 549 g/mol. The maximum Gasteiger partial charge on any atom is 0.346 e. The Balaban J connectivity index is 1.50. The minimum atomic E-state index is -3.96. The van der Waals surface area contributed by atoms with Crippen molar-refractivity contribution >= 4 is 22.0 Å². The Labute approximate surface area is 226 Å². The van der Waals surface area contributed by atoms with Crippen LogP contribution in [0.25, 0.3) is 11.3 Å². The summed E-state index contributed by atoms with van der Waals surface area (Å²) >= 11 is 0. The Hall–Kier alpha value is -4.32. The van der Waals surface area contributed by atoms with E-state index in [0.717, 1.165) is 5.56 Å². The molecule has 0 bridgehead atoms. The maximum atomic E-state index is 13.1. The predicted octanol–water partition coefficient (Wildman–Crippen LogP) is 3.33. The van der Waals surface area contributed by atoms with Gasteiger partial charge in [-0.05, 0) is 36.8 Å². The van der Waals surface area contributed by atoms with E-state index in [2.05, 4.69) is 9.71 Å². The van der Waals surface area contributed by atoms with E-state index in [4.69, 9.17) is 15.2 Å². The number of imidazole rings is 1. The molecule has 0 saturated heterocycles. The molecule has 0 fully saturated rings. The molecule has 39 heavy (non-hydrogen) atoms. The summed E-state index contributed by atoms with van der Waals surface area (Å²) in [5.74, 6) is -1.53. The summed E-state index contributed by atoms with van der Waals surface area (Å²) in [5, 5.41) is 0. The van der Waals surface area contributed by atoms with Crippen LogP contribution in [0.3, 0.4) is 0 Å². The van der Waals surface area contributed by atoms with E-state index in [-0.39, 0.29) is 10.5 Å². The van der Waals surface area contributed by atoms with E-state index >= 15 is 0 Å². The Morgan fingerprint density at radius 1 is 1.00 bits per heavy atom. The van der Waals surface area contributed by atoms with Crippen LogP contribution in [0.4, 0.5) is 0 Å². The number of nitrogens with two attached hydrogens (primary N) is 1. The number of nitrogens with zero attached hydrogens (tertiary/aromatic N) is 2. The van der Waals surface area contributed by atoms with Crippen molar-refractivity contribution in [2.45, 2.75) is 31.0 Å². The highest BCUT2D eigenvalue weighted by Crippen LogP contribution is 2.33. The lowest BCUT2D eigenvalue weighted by Crippen LogP contribution is -2.43. The van der Waals surface area contributed by atoms with Crippen LogP contribution in [-0.2, 0) is 26.1 Å². The summed E-state index contributed by atoms with van der Waals surface area (Å²) in [5.41, 5.74) is 7.80. The zero-order chi connectivity index (χ0) is 27.8. The van der Waals surface area contributed by atoms with Crippen molar-refractivity contribution in [3.8, 4) is 17.0 Å². The molecule has 0 amide bonds. The van der Waals surface area contributed by atoms with Gasteiger partial charge in [-0.2, -0.15) is 4.72 Å². The number of esters is 2. The first-order valence-electron chi connectivity index (χ1n) is 12.2. The number of carbonyl (C=O) groups excluding carboxylic acids is 2. The third kappa shape index (κ3) is 7.17. The number of aromatic nitrogens is 2. The molecule has 0 aliphatic carbocycles. The van der Waals surface area contributed by atoms with E-state index in [1.54, 1.807) is 42.9 Å². The molecule has 1 atom stereocenters. The van der Waals surface area contributed by atoms with Crippen LogP contribution in [0.2, 0.25) is 0 Å². The van der Waals surface area contributed by atoms with Crippen LogP contribution >= 0.6 is 0 Å². The molecular formula is C28H28N4O6S. The van der Waals surface area contributed by atoms with Gasteiger partial charge in [0.15, 0.2) is 0 Å². The van der Waals surface area contributed by atoms with Crippen molar-refractivity contribution in [3.63, 3.8) is 0 Å². The van der Waals surface area contributed by atoms with E-state index in [1.807, 2.05) is 41.8 Å². The number of sulfonamides is 1. The second-order valence-electron chi connectivity index (χ2n) is 8.54. The lowest BCUT2D eigenvalue weighted by atomic mass is 10.0. The zero-order valence-corrected chi connectivity index (χ0v) is 22.0. The highest BCUT2D eigenvalue weighted by molar-refractivity contribution is 7.89. The van der Waals surface area contributed by atoms with Gasteiger partial charge < -0.3 is 19.8 Å². The highest BCUT2D eigenvalue weighted by Gasteiger charge is 2.25. The molecule has 0 radical (unpaired) electrons. The molecule has 0 aliphatic rings. The summed E-state index contributed by atoms with van der Waals surface area (Å²) < 4.78 is 39.8. The Morgan fingerprint density at radius 3 is 2.38 bits per heavy atom. The maximum absolute atomic E-state index is 13.1. The molecule has 4 rings (SSSR count). The molecule has 202 valence electrons. The van der Waals surface area contributed by atoms with Gasteiger partial charge in [-0.1, -0.05) is 54.6 Å². The van der Waals surface area contributed by atoms with Gasteiger partial charge in [-0.15, -0.1) is 0 Å². The minimum Gasteiger partial charge on any atom is -0.493 e. The largest absolute Gasteiger partial charge is 0.493 e. The van der Waals surface area contributed by atoms with E-state index < -0.39 is 34.5 Å². The van der Waals surface area contributed by atoms with Gasteiger partial charge in [0.2, 0.25) is 10.0 Å². The van der Waals surface area contributed by atoms with Gasteiger partial charge >= 0.3 is 11.9 Å². The number of ether oxygens (including phenoxy) is 2. The van der Waals surface area contributed by atoms with Crippen LogP contribution in [0.1, 0.15) is 29.3 Å². The second kappa shape index (κ2) is 12.5. The standard InChI is InChI=1S/C28H28N4O6S/c1-2-37-24-15-9-14-22(27(24)23-18-32(19-30-23)17-20-10-5-3-6-11-20)28(34)38-26(33)16-25(29)31-39(35,36)21-12-7-4-8-13-21/h3-15,18-19,25,31H,2,16-17,29H2,1H3. The van der Waals surface area contributed by atoms with Gasteiger partial charge in [0.25, 0.3) is 0 Å². The molecule has 10 nitrogen and oxygen atoms in total. The Kier molecular flexibility index (Phi) is 8.87. The summed E-state index contributed by atoms with van der Waals surface area (Å²) in [7, 11) is -3.96. The lowest BCUT2D eigenvalue weighted by molar-refractivity contribution is -0.138. The highest BCUT2D eigenvalue weighted by atomic mass is 32.2. The van der Waals surface area contributed by atoms with Crippen molar-refractivity contribution in [3.05, 3.63) is 103 Å². The van der Waals surface area contributed by atoms with Crippen LogP contribution in [0.15, 0.2) is 96.3 Å². The monoisotopic (exact) mass is 548 g/mol. The molecule has 4 aromatic rings. The topological polar surface area (TPSA) is 143 Å². The molecular weight excluding hydrogens is 520 g/mol. The third-order valence-electron chi connectivity index (χ3n) is 5.60. The van der Waals surface area contributed by atoms with Gasteiger partial charge in [0.1, 0.15) is 5.75 Å². The van der Waals surface area contributed by atoms with Crippen LogP contribution in [0.5, 0.6) is 5.75 Å². The van der Waals surface area contributed by atoms with Crippen molar-refractivity contribution in [2.24, 2.45) is 5.73 Å². The van der Waals surface area contributed by atoms with E-state index in [0.29, 0.717) is 30.2 Å². The molecule has 11 heteroatoms. The molecule has 3 N–H and O–H groups in total. The fourth-order valence-corrected chi connectivity index (χ4v) is 5.03. The normalized spacial score (nSPS) is 12.1. The predicted molar refractivity (Wildman–Crippen MR) is 144 cm³/mol. The molecule has 3 aromatic carbocycles. The van der Waals surface area contributed by atoms with Crippen molar-refractivity contribution in [1.29, 1.82) is 0 Å². The zero-order valence-electron chi connectivity index (χ0n) is 21.2. The van der Waals surface area contributed by atoms with Gasteiger partial charge in [-0.25, -0.2) is 18.2 Å². The lowest BCUT2D eigenvalue weighted by Gasteiger charge is -2.15. The van der Waals surface area contributed by atoms with Crippen LogP contribution in [0, 0.1) is 0 Å². The smallest absolute Gasteiger partial charge is 0.346 e. The van der Waals surface area contributed by atoms with Gasteiger partial charge in [-0.3, -0.25) is 4.79 Å². The summed E-state index contributed by atoms with van der Waals surface area (Å²) in [6.45, 7) is 2.72. The quantitative estimate of drug-likeness (QED) is 0.165. The molecule has 1 unspecified atom stereocenters. The second-order valence-corrected chi connectivity index (χ2v) is 10.2. The summed E-state index contributed by atoms with van der Waals surface area (Å²) in [6.07, 6.45) is 1.55. The number of hydrogen-bond donors (Lipinski definition) is 2. The molecule has 1 aromatic heterocycles. The van der Waals surface area contributed by atoms with Gasteiger partial charge in [0.05, 0.1) is 47.2 Å². The van der Waals surface area contributed by atoms with Crippen LogP contribution < -0.4 is 15.2 Å². The van der Waals surface area contributed by atoms with Crippen molar-refractivity contribution in [2.75, 3.05) is 6.61 Å². The number of benzene rings is 3. The van der Waals surface area contributed by atoms with Crippen LogP contribution in [-0.4, -0.2) is 42.7 Å². The number of nitrogens with one attached hydrogen (secondary N) is 1. The number of carbonyl (C=O) groups is 2. The Morgan fingerprint density at radius 2 is 1.69 bits per heavy atom. The van der Waals surface area contributed by atoms with E-state index in [1.165, 1.54) is 18.2 Å². The number of hydrogen-bond acceptors (Lipinski definition) is 8. The van der Waals surface area contributed by atoms with E-state index in [9.17, 15) is 18.0 Å². The third-order valence-corrected chi connectivity index (χ3v) is 7.10. The Bertz CT molecular complexity index is 1540. The first kappa shape index (κ1) is 27.7. The first-order chi connectivity index (χ1) is 18.8. The summed E-state index contributed by atoms with van der Waals surface area (Å²) in [4.78, 5) is 30.0.